The molecule has 1 aromatic carbocycles. The third-order valence-electron chi connectivity index (χ3n) is 3.14. The molecule has 0 unspecified atom stereocenters. The molecule has 0 fully saturated rings. The second kappa shape index (κ2) is 4.70. The monoisotopic (exact) mass is 269 g/mol. The lowest BCUT2D eigenvalue weighted by Gasteiger charge is -2.06. The highest BCUT2D eigenvalue weighted by Gasteiger charge is 2.07. The summed E-state index contributed by atoms with van der Waals surface area (Å²) in [5.74, 6) is -0.967. The number of nitrogens with zero attached hydrogens (tertiary/aromatic N) is 1. The first-order chi connectivity index (χ1) is 9.65. The maximum atomic E-state index is 12.1. The Hall–Kier alpha value is -2.82. The smallest absolute Gasteiger partial charge is 0.335 e. The highest BCUT2D eigenvalue weighted by Crippen LogP contribution is 2.11. The zero-order chi connectivity index (χ0) is 14.1. The Labute approximate surface area is 113 Å². The van der Waals surface area contributed by atoms with Crippen molar-refractivity contribution in [3.63, 3.8) is 0 Å². The van der Waals surface area contributed by atoms with E-state index in [9.17, 15) is 9.59 Å². The zero-order valence-electron chi connectivity index (χ0n) is 10.4. The number of carboxylic acid groups (broad SMARTS) is 1. The van der Waals surface area contributed by atoms with Gasteiger partial charge in [0.1, 0.15) is 0 Å². The highest BCUT2D eigenvalue weighted by molar-refractivity contribution is 5.87. The van der Waals surface area contributed by atoms with Gasteiger partial charge in [-0.3, -0.25) is 4.79 Å². The van der Waals surface area contributed by atoms with E-state index in [0.29, 0.717) is 12.1 Å². The SMILES string of the molecule is O=C(O)c1ccc(Cn2ccc3ccoc3c2=O)cc1. The van der Waals surface area contributed by atoms with Gasteiger partial charge < -0.3 is 14.1 Å². The molecule has 0 amide bonds. The maximum Gasteiger partial charge on any atom is 0.335 e. The summed E-state index contributed by atoms with van der Waals surface area (Å²) in [5, 5.41) is 9.61. The van der Waals surface area contributed by atoms with Crippen molar-refractivity contribution in [2.45, 2.75) is 6.54 Å². The van der Waals surface area contributed by atoms with E-state index in [0.717, 1.165) is 10.9 Å². The van der Waals surface area contributed by atoms with Crippen molar-refractivity contribution in [2.75, 3.05) is 0 Å². The summed E-state index contributed by atoms with van der Waals surface area (Å²) in [6, 6.07) is 9.99. The lowest BCUT2D eigenvalue weighted by atomic mass is 10.1. The topological polar surface area (TPSA) is 72.4 Å². The first-order valence-corrected chi connectivity index (χ1v) is 6.04. The lowest BCUT2D eigenvalue weighted by Crippen LogP contribution is -2.19. The predicted octanol–water partition coefficient (Wildman–Crippen LogP) is 2.34. The molecule has 0 aliphatic heterocycles. The molecule has 3 rings (SSSR count). The quantitative estimate of drug-likeness (QED) is 0.792. The Morgan fingerprint density at radius 2 is 1.90 bits per heavy atom. The van der Waals surface area contributed by atoms with Gasteiger partial charge in [-0.15, -0.1) is 0 Å². The van der Waals surface area contributed by atoms with E-state index in [-0.39, 0.29) is 11.1 Å². The van der Waals surface area contributed by atoms with Crippen LogP contribution in [0.4, 0.5) is 0 Å². The number of hydrogen-bond acceptors (Lipinski definition) is 3. The third-order valence-corrected chi connectivity index (χ3v) is 3.14. The van der Waals surface area contributed by atoms with E-state index >= 15 is 0 Å². The van der Waals surface area contributed by atoms with Gasteiger partial charge >= 0.3 is 5.97 Å². The summed E-state index contributed by atoms with van der Waals surface area (Å²) in [4.78, 5) is 22.9. The molecule has 0 radical (unpaired) electrons. The molecule has 0 spiro atoms. The Morgan fingerprint density at radius 1 is 1.15 bits per heavy atom. The van der Waals surface area contributed by atoms with E-state index in [1.54, 1.807) is 24.4 Å². The highest BCUT2D eigenvalue weighted by atomic mass is 16.4. The molecule has 3 aromatic rings. The second-order valence-electron chi connectivity index (χ2n) is 4.46. The van der Waals surface area contributed by atoms with Crippen LogP contribution in [0.15, 0.2) is 58.1 Å². The van der Waals surface area contributed by atoms with Crippen LogP contribution in [0.3, 0.4) is 0 Å². The molecule has 5 nitrogen and oxygen atoms in total. The molecular weight excluding hydrogens is 258 g/mol. The maximum absolute atomic E-state index is 12.1. The van der Waals surface area contributed by atoms with Crippen LogP contribution in [-0.4, -0.2) is 15.6 Å². The van der Waals surface area contributed by atoms with Gasteiger partial charge in [0.25, 0.3) is 5.56 Å². The van der Waals surface area contributed by atoms with E-state index in [4.69, 9.17) is 9.52 Å². The fraction of sp³-hybridized carbons (Fsp3) is 0.0667. The Kier molecular flexibility index (Phi) is 2.87. The summed E-state index contributed by atoms with van der Waals surface area (Å²) in [5.41, 5.74) is 1.20. The minimum Gasteiger partial charge on any atom is -0.478 e. The van der Waals surface area contributed by atoms with Crippen molar-refractivity contribution in [2.24, 2.45) is 0 Å². The van der Waals surface area contributed by atoms with Crippen molar-refractivity contribution in [1.82, 2.24) is 4.57 Å². The summed E-state index contributed by atoms with van der Waals surface area (Å²) in [7, 11) is 0. The number of carboxylic acids is 1. The summed E-state index contributed by atoms with van der Waals surface area (Å²) < 4.78 is 6.70. The molecule has 1 N–H and O–H groups in total. The second-order valence-corrected chi connectivity index (χ2v) is 4.46. The molecule has 0 saturated carbocycles. The Morgan fingerprint density at radius 3 is 2.60 bits per heavy atom. The minimum atomic E-state index is -0.967. The molecule has 0 aliphatic carbocycles. The molecule has 2 aromatic heterocycles. The van der Waals surface area contributed by atoms with Crippen LogP contribution in [0.25, 0.3) is 11.0 Å². The molecule has 0 aliphatic rings. The van der Waals surface area contributed by atoms with Crippen molar-refractivity contribution in [3.05, 3.63) is 70.3 Å². The number of aromatic carboxylic acids is 1. The van der Waals surface area contributed by atoms with Gasteiger partial charge in [-0.25, -0.2) is 4.79 Å². The first kappa shape index (κ1) is 12.2. The zero-order valence-corrected chi connectivity index (χ0v) is 10.4. The van der Waals surface area contributed by atoms with Gasteiger partial charge in [0.15, 0.2) is 5.58 Å². The van der Waals surface area contributed by atoms with Gasteiger partial charge in [0, 0.05) is 11.6 Å². The van der Waals surface area contributed by atoms with Crippen LogP contribution in [0.5, 0.6) is 0 Å². The molecule has 2 heterocycles. The summed E-state index contributed by atoms with van der Waals surface area (Å²) in [6.07, 6.45) is 3.18. The van der Waals surface area contributed by atoms with Gasteiger partial charge in [-0.05, 0) is 29.8 Å². The molecule has 100 valence electrons. The predicted molar refractivity (Wildman–Crippen MR) is 73.0 cm³/mol. The fourth-order valence-corrected chi connectivity index (χ4v) is 2.07. The van der Waals surface area contributed by atoms with E-state index < -0.39 is 5.97 Å². The lowest BCUT2D eigenvalue weighted by molar-refractivity contribution is 0.0697. The first-order valence-electron chi connectivity index (χ1n) is 6.04. The molecule has 20 heavy (non-hydrogen) atoms. The van der Waals surface area contributed by atoms with Crippen LogP contribution in [0, 0.1) is 0 Å². The van der Waals surface area contributed by atoms with Crippen molar-refractivity contribution in [1.29, 1.82) is 0 Å². The number of furan rings is 1. The van der Waals surface area contributed by atoms with Gasteiger partial charge in [0.05, 0.1) is 18.4 Å². The standard InChI is InChI=1S/C15H11NO4/c17-14-13-11(6-8-20-13)5-7-16(14)9-10-1-3-12(4-2-10)15(18)19/h1-8H,9H2,(H,18,19). The minimum absolute atomic E-state index is 0.199. The van der Waals surface area contributed by atoms with Gasteiger partial charge in [0.2, 0.25) is 0 Å². The molecule has 0 atom stereocenters. The van der Waals surface area contributed by atoms with Crippen molar-refractivity contribution >= 4 is 16.9 Å². The Balaban J connectivity index is 1.94. The summed E-state index contributed by atoms with van der Waals surface area (Å²) >= 11 is 0. The van der Waals surface area contributed by atoms with Crippen LogP contribution < -0.4 is 5.56 Å². The normalized spacial score (nSPS) is 10.8. The van der Waals surface area contributed by atoms with Gasteiger partial charge in [-0.1, -0.05) is 12.1 Å². The molecular formula is C15H11NO4. The third kappa shape index (κ3) is 2.09. The number of pyridine rings is 1. The number of rotatable bonds is 3. The van der Waals surface area contributed by atoms with Crippen LogP contribution in [0.1, 0.15) is 15.9 Å². The number of carbonyl (C=O) groups is 1. The number of aromatic nitrogens is 1. The Bertz CT molecular complexity index is 827. The molecule has 5 heteroatoms. The largest absolute Gasteiger partial charge is 0.478 e. The summed E-state index contributed by atoms with van der Waals surface area (Å²) in [6.45, 7) is 0.370. The average molecular weight is 269 g/mol. The van der Waals surface area contributed by atoms with Crippen molar-refractivity contribution in [3.8, 4) is 0 Å². The number of hydrogen-bond donors (Lipinski definition) is 1. The molecule has 0 saturated heterocycles. The number of benzene rings is 1. The van der Waals surface area contributed by atoms with Crippen molar-refractivity contribution < 1.29 is 14.3 Å². The van der Waals surface area contributed by atoms with E-state index in [1.807, 2.05) is 6.07 Å². The van der Waals surface area contributed by atoms with Gasteiger partial charge in [-0.2, -0.15) is 0 Å². The van der Waals surface area contributed by atoms with Crippen LogP contribution in [-0.2, 0) is 6.54 Å². The molecule has 0 bridgehead atoms. The van der Waals surface area contributed by atoms with E-state index in [1.165, 1.54) is 23.0 Å². The number of fused-ring (bicyclic) bond motifs is 1. The fourth-order valence-electron chi connectivity index (χ4n) is 2.07. The average Bonchev–Trinajstić information content (AvgIpc) is 2.92. The van der Waals surface area contributed by atoms with Crippen LogP contribution >= 0.6 is 0 Å². The van der Waals surface area contributed by atoms with E-state index in [2.05, 4.69) is 0 Å². The van der Waals surface area contributed by atoms with Crippen LogP contribution in [0.2, 0.25) is 0 Å².